The van der Waals surface area contributed by atoms with Gasteiger partial charge in [-0.05, 0) is 33.4 Å². The molecule has 0 spiro atoms. The second-order valence-corrected chi connectivity index (χ2v) is 5.16. The summed E-state index contributed by atoms with van der Waals surface area (Å²) in [5.74, 6) is 0. The van der Waals surface area contributed by atoms with E-state index in [1.807, 2.05) is 11.6 Å². The quantitative estimate of drug-likeness (QED) is 0.867. The highest BCUT2D eigenvalue weighted by molar-refractivity contribution is 5.81. The van der Waals surface area contributed by atoms with E-state index in [0.29, 0.717) is 0 Å². The number of aliphatic hydroxyl groups is 1. The number of benzene rings is 1. The number of aryl methyl sites for hydroxylation is 1. The molecule has 19 heavy (non-hydrogen) atoms. The Morgan fingerprint density at radius 3 is 2.79 bits per heavy atom. The summed E-state index contributed by atoms with van der Waals surface area (Å²) in [5.41, 5.74) is 2.31. The van der Waals surface area contributed by atoms with E-state index < -0.39 is 0 Å². The molecule has 2 aromatic rings. The van der Waals surface area contributed by atoms with Crippen molar-refractivity contribution in [3.8, 4) is 0 Å². The van der Waals surface area contributed by atoms with E-state index >= 15 is 0 Å². The summed E-state index contributed by atoms with van der Waals surface area (Å²) in [6.07, 6.45) is 0.551. The van der Waals surface area contributed by atoms with Crippen LogP contribution in [0.15, 0.2) is 24.3 Å². The molecule has 4 nitrogen and oxygen atoms in total. The van der Waals surface area contributed by atoms with Gasteiger partial charge in [0.05, 0.1) is 17.3 Å². The molecular formula is C15H23N3O. The van der Waals surface area contributed by atoms with Crippen molar-refractivity contribution in [2.45, 2.75) is 39.5 Å². The minimum atomic E-state index is -0.243. The third kappa shape index (κ3) is 3.33. The second kappa shape index (κ2) is 6.17. The minimum Gasteiger partial charge on any atom is -0.393 e. The van der Waals surface area contributed by atoms with Crippen molar-refractivity contribution < 1.29 is 5.11 Å². The molecule has 0 aliphatic heterocycles. The number of fused-ring (bicyclic) bond motifs is 1. The van der Waals surface area contributed by atoms with Gasteiger partial charge in [-0.3, -0.25) is 4.68 Å². The average molecular weight is 261 g/mol. The van der Waals surface area contributed by atoms with Crippen molar-refractivity contribution in [1.29, 1.82) is 0 Å². The first kappa shape index (κ1) is 14.0. The summed E-state index contributed by atoms with van der Waals surface area (Å²) >= 11 is 0. The van der Waals surface area contributed by atoms with Crippen molar-refractivity contribution in [1.82, 2.24) is 14.7 Å². The van der Waals surface area contributed by atoms with Crippen molar-refractivity contribution in [2.75, 3.05) is 13.6 Å². The summed E-state index contributed by atoms with van der Waals surface area (Å²) < 4.78 is 2.05. The van der Waals surface area contributed by atoms with Crippen LogP contribution >= 0.6 is 0 Å². The molecular weight excluding hydrogens is 238 g/mol. The first-order valence-corrected chi connectivity index (χ1v) is 6.92. The van der Waals surface area contributed by atoms with Gasteiger partial charge < -0.3 is 10.0 Å². The van der Waals surface area contributed by atoms with Crippen LogP contribution in [0.1, 0.15) is 26.0 Å². The average Bonchev–Trinajstić information content (AvgIpc) is 2.75. The van der Waals surface area contributed by atoms with Gasteiger partial charge in [-0.25, -0.2) is 0 Å². The molecule has 0 fully saturated rings. The van der Waals surface area contributed by atoms with Gasteiger partial charge in [-0.2, -0.15) is 5.10 Å². The van der Waals surface area contributed by atoms with E-state index in [1.165, 1.54) is 10.9 Å². The predicted molar refractivity (Wildman–Crippen MR) is 78.0 cm³/mol. The van der Waals surface area contributed by atoms with Gasteiger partial charge in [0.1, 0.15) is 0 Å². The number of aliphatic hydroxyl groups excluding tert-OH is 1. The Morgan fingerprint density at radius 1 is 1.37 bits per heavy atom. The molecule has 1 atom stereocenters. The highest BCUT2D eigenvalue weighted by Gasteiger charge is 2.11. The van der Waals surface area contributed by atoms with Crippen molar-refractivity contribution >= 4 is 10.9 Å². The number of rotatable bonds is 6. The van der Waals surface area contributed by atoms with Crippen LogP contribution in [0.5, 0.6) is 0 Å². The molecule has 0 saturated heterocycles. The zero-order valence-corrected chi connectivity index (χ0v) is 12.0. The number of hydrogen-bond acceptors (Lipinski definition) is 3. The fourth-order valence-electron chi connectivity index (χ4n) is 2.30. The zero-order chi connectivity index (χ0) is 13.8. The Morgan fingerprint density at radius 2 is 2.11 bits per heavy atom. The fraction of sp³-hybridized carbons (Fsp3) is 0.533. The zero-order valence-electron chi connectivity index (χ0n) is 12.0. The Kier molecular flexibility index (Phi) is 4.56. The minimum absolute atomic E-state index is 0.243. The number of nitrogens with zero attached hydrogens (tertiary/aromatic N) is 3. The third-order valence-electron chi connectivity index (χ3n) is 3.38. The first-order valence-electron chi connectivity index (χ1n) is 6.92. The molecule has 0 amide bonds. The van der Waals surface area contributed by atoms with E-state index in [9.17, 15) is 5.11 Å². The molecule has 0 radical (unpaired) electrons. The lowest BCUT2D eigenvalue weighted by molar-refractivity contribution is 0.162. The Labute approximate surface area is 114 Å². The van der Waals surface area contributed by atoms with Crippen LogP contribution in [-0.4, -0.2) is 39.5 Å². The molecule has 4 heteroatoms. The van der Waals surface area contributed by atoms with Gasteiger partial charge in [0.25, 0.3) is 0 Å². The number of para-hydroxylation sites is 1. The van der Waals surface area contributed by atoms with Gasteiger partial charge in [0, 0.05) is 25.0 Å². The highest BCUT2D eigenvalue weighted by atomic mass is 16.3. The SMILES string of the molecule is CCn1nc(CN(C)CCC(C)O)c2ccccc21. The molecule has 1 aromatic carbocycles. The summed E-state index contributed by atoms with van der Waals surface area (Å²) in [5, 5.41) is 15.3. The molecule has 1 aromatic heterocycles. The predicted octanol–water partition coefficient (Wildman–Crippen LogP) is 2.26. The van der Waals surface area contributed by atoms with Crippen LogP contribution < -0.4 is 0 Å². The van der Waals surface area contributed by atoms with Crippen LogP contribution in [0.2, 0.25) is 0 Å². The lowest BCUT2D eigenvalue weighted by atomic mass is 10.2. The lowest BCUT2D eigenvalue weighted by Crippen LogP contribution is -2.22. The van der Waals surface area contributed by atoms with Crippen LogP contribution in [0.3, 0.4) is 0 Å². The highest BCUT2D eigenvalue weighted by Crippen LogP contribution is 2.19. The van der Waals surface area contributed by atoms with Gasteiger partial charge in [-0.1, -0.05) is 18.2 Å². The smallest absolute Gasteiger partial charge is 0.0843 e. The van der Waals surface area contributed by atoms with E-state index in [0.717, 1.165) is 31.7 Å². The molecule has 0 saturated carbocycles. The molecule has 104 valence electrons. The molecule has 1 unspecified atom stereocenters. The topological polar surface area (TPSA) is 41.3 Å². The summed E-state index contributed by atoms with van der Waals surface area (Å²) in [6, 6.07) is 8.36. The molecule has 1 N–H and O–H groups in total. The van der Waals surface area contributed by atoms with Crippen LogP contribution in [0, 0.1) is 0 Å². The Hall–Kier alpha value is -1.39. The summed E-state index contributed by atoms with van der Waals surface area (Å²) in [4.78, 5) is 2.21. The van der Waals surface area contributed by atoms with Crippen molar-refractivity contribution in [3.63, 3.8) is 0 Å². The van der Waals surface area contributed by atoms with Gasteiger partial charge in [0.2, 0.25) is 0 Å². The summed E-state index contributed by atoms with van der Waals surface area (Å²) in [7, 11) is 2.07. The largest absolute Gasteiger partial charge is 0.393 e. The third-order valence-corrected chi connectivity index (χ3v) is 3.38. The Bertz CT molecular complexity index is 533. The van der Waals surface area contributed by atoms with Gasteiger partial charge >= 0.3 is 0 Å². The maximum atomic E-state index is 9.33. The van der Waals surface area contributed by atoms with Crippen molar-refractivity contribution in [3.05, 3.63) is 30.0 Å². The van der Waals surface area contributed by atoms with Crippen molar-refractivity contribution in [2.24, 2.45) is 0 Å². The van der Waals surface area contributed by atoms with Gasteiger partial charge in [-0.15, -0.1) is 0 Å². The van der Waals surface area contributed by atoms with Crippen LogP contribution in [0.4, 0.5) is 0 Å². The molecule has 2 rings (SSSR count). The normalized spacial score (nSPS) is 13.3. The summed E-state index contributed by atoms with van der Waals surface area (Å²) in [6.45, 7) is 6.53. The van der Waals surface area contributed by atoms with E-state index in [4.69, 9.17) is 0 Å². The lowest BCUT2D eigenvalue weighted by Gasteiger charge is -2.16. The maximum absolute atomic E-state index is 9.33. The molecule has 0 aliphatic rings. The van der Waals surface area contributed by atoms with E-state index in [1.54, 1.807) is 0 Å². The number of hydrogen-bond donors (Lipinski definition) is 1. The van der Waals surface area contributed by atoms with Crippen LogP contribution in [-0.2, 0) is 13.1 Å². The maximum Gasteiger partial charge on any atom is 0.0843 e. The molecule has 0 aliphatic carbocycles. The number of aromatic nitrogens is 2. The van der Waals surface area contributed by atoms with E-state index in [-0.39, 0.29) is 6.10 Å². The van der Waals surface area contributed by atoms with Crippen LogP contribution in [0.25, 0.3) is 10.9 Å². The Balaban J connectivity index is 2.16. The van der Waals surface area contributed by atoms with E-state index in [2.05, 4.69) is 48.2 Å². The molecule has 1 heterocycles. The molecule has 0 bridgehead atoms. The fourth-order valence-corrected chi connectivity index (χ4v) is 2.30. The second-order valence-electron chi connectivity index (χ2n) is 5.16. The van der Waals surface area contributed by atoms with Gasteiger partial charge in [0.15, 0.2) is 0 Å². The first-order chi connectivity index (χ1) is 9.11. The monoisotopic (exact) mass is 261 g/mol. The standard InChI is InChI=1S/C15H23N3O/c1-4-18-15-8-6-5-7-13(15)14(16-18)11-17(3)10-9-12(2)19/h5-8,12,19H,4,9-11H2,1-3H3.